The molecular weight excluding hydrogens is 236 g/mol. The van der Waals surface area contributed by atoms with Crippen LogP contribution >= 0.6 is 0 Å². The maximum atomic E-state index is 4.44. The predicted octanol–water partition coefficient (Wildman–Crippen LogP) is 2.85. The molecule has 108 valence electrons. The van der Waals surface area contributed by atoms with Crippen LogP contribution in [0.3, 0.4) is 0 Å². The van der Waals surface area contributed by atoms with E-state index in [-0.39, 0.29) is 11.0 Å². The number of nitrogens with zero attached hydrogens (tertiary/aromatic N) is 3. The van der Waals surface area contributed by atoms with Gasteiger partial charge in [0.05, 0.1) is 0 Å². The first-order chi connectivity index (χ1) is 8.57. The fourth-order valence-corrected chi connectivity index (χ4v) is 1.79. The van der Waals surface area contributed by atoms with E-state index in [2.05, 4.69) is 61.7 Å². The summed E-state index contributed by atoms with van der Waals surface area (Å²) in [6, 6.07) is 0. The van der Waals surface area contributed by atoms with E-state index in [0.29, 0.717) is 0 Å². The number of hydrogen-bond donors (Lipinski definition) is 1. The van der Waals surface area contributed by atoms with E-state index in [1.165, 1.54) is 0 Å². The highest BCUT2D eigenvalue weighted by molar-refractivity contribution is 5.28. The van der Waals surface area contributed by atoms with Crippen LogP contribution in [0.2, 0.25) is 0 Å². The average Bonchev–Trinajstić information content (AvgIpc) is 2.23. The van der Waals surface area contributed by atoms with Crippen LogP contribution in [0.1, 0.15) is 47.1 Å². The Labute approximate surface area is 117 Å². The summed E-state index contributed by atoms with van der Waals surface area (Å²) in [7, 11) is 2.04. The summed E-state index contributed by atoms with van der Waals surface area (Å²) in [5, 5.41) is 3.43. The predicted molar refractivity (Wildman–Crippen MR) is 81.3 cm³/mol. The fourth-order valence-electron chi connectivity index (χ4n) is 1.79. The molecule has 0 aromatic carbocycles. The van der Waals surface area contributed by atoms with Crippen molar-refractivity contribution in [2.24, 2.45) is 5.41 Å². The summed E-state index contributed by atoms with van der Waals surface area (Å²) in [4.78, 5) is 11.0. The Morgan fingerprint density at radius 2 is 1.58 bits per heavy atom. The summed E-state index contributed by atoms with van der Waals surface area (Å²) in [5.41, 5.74) is 1.47. The van der Waals surface area contributed by atoms with Gasteiger partial charge < -0.3 is 10.2 Å². The van der Waals surface area contributed by atoms with Gasteiger partial charge in [0.1, 0.15) is 0 Å². The van der Waals surface area contributed by atoms with E-state index in [0.717, 1.165) is 24.6 Å². The molecule has 0 saturated carbocycles. The molecule has 1 N–H and O–H groups in total. The molecule has 0 radical (unpaired) electrons. The molecule has 0 amide bonds. The van der Waals surface area contributed by atoms with E-state index in [1.54, 1.807) is 0 Å². The van der Waals surface area contributed by atoms with Crippen molar-refractivity contribution in [3.8, 4) is 0 Å². The number of aromatic nitrogens is 2. The van der Waals surface area contributed by atoms with E-state index in [1.807, 2.05) is 19.4 Å². The van der Waals surface area contributed by atoms with Gasteiger partial charge in [0.15, 0.2) is 0 Å². The lowest BCUT2D eigenvalue weighted by Crippen LogP contribution is -2.35. The minimum absolute atomic E-state index is 0.113. The van der Waals surface area contributed by atoms with Gasteiger partial charge in [-0.1, -0.05) is 20.8 Å². The number of hydrogen-bond acceptors (Lipinski definition) is 4. The molecule has 0 atom stereocenters. The minimum atomic E-state index is 0.113. The van der Waals surface area contributed by atoms with Gasteiger partial charge in [-0.05, 0) is 26.2 Å². The molecule has 0 aliphatic heterocycles. The summed E-state index contributed by atoms with van der Waals surface area (Å²) >= 11 is 0. The monoisotopic (exact) mass is 264 g/mol. The fraction of sp³-hybridized carbons (Fsp3) is 0.733. The minimum Gasteiger partial charge on any atom is -0.343 e. The van der Waals surface area contributed by atoms with E-state index in [9.17, 15) is 0 Å². The Morgan fingerprint density at radius 1 is 1.05 bits per heavy atom. The lowest BCUT2D eigenvalue weighted by atomic mass is 9.96. The molecule has 0 unspecified atom stereocenters. The highest BCUT2D eigenvalue weighted by atomic mass is 15.2. The molecule has 1 aromatic rings. The molecule has 4 nitrogen and oxygen atoms in total. The maximum absolute atomic E-state index is 4.44. The number of rotatable bonds is 4. The van der Waals surface area contributed by atoms with Crippen LogP contribution in [-0.2, 0) is 6.54 Å². The van der Waals surface area contributed by atoms with Gasteiger partial charge in [-0.2, -0.15) is 0 Å². The van der Waals surface area contributed by atoms with Crippen LogP contribution in [0.4, 0.5) is 5.95 Å². The zero-order valence-corrected chi connectivity index (χ0v) is 13.4. The second-order valence-corrected chi connectivity index (χ2v) is 7.41. The van der Waals surface area contributed by atoms with Crippen molar-refractivity contribution in [1.82, 2.24) is 15.3 Å². The van der Waals surface area contributed by atoms with Crippen molar-refractivity contribution in [2.45, 2.75) is 53.6 Å². The average molecular weight is 264 g/mol. The summed E-state index contributed by atoms with van der Waals surface area (Å²) in [6.45, 7) is 14.8. The molecular formula is C15H28N4. The summed E-state index contributed by atoms with van der Waals surface area (Å²) < 4.78 is 0. The first kappa shape index (κ1) is 15.9. The van der Waals surface area contributed by atoms with Gasteiger partial charge in [-0.3, -0.25) is 0 Å². The summed E-state index contributed by atoms with van der Waals surface area (Å²) in [6.07, 6.45) is 3.81. The van der Waals surface area contributed by atoms with Gasteiger partial charge >= 0.3 is 0 Å². The van der Waals surface area contributed by atoms with Gasteiger partial charge in [0.2, 0.25) is 5.95 Å². The Hall–Kier alpha value is -1.16. The molecule has 0 saturated heterocycles. The standard InChI is InChI=1S/C15H28N4/c1-14(2,3)11-19(7)13-16-8-12(9-17-13)10-18-15(4,5)6/h8-9,18H,10-11H2,1-7H3. The van der Waals surface area contributed by atoms with Gasteiger partial charge in [-0.25, -0.2) is 9.97 Å². The molecule has 1 aromatic heterocycles. The van der Waals surface area contributed by atoms with Crippen LogP contribution in [0.25, 0.3) is 0 Å². The second-order valence-electron chi connectivity index (χ2n) is 7.41. The zero-order chi connectivity index (χ0) is 14.7. The first-order valence-electron chi connectivity index (χ1n) is 6.84. The smallest absolute Gasteiger partial charge is 0.225 e. The second kappa shape index (κ2) is 5.87. The highest BCUT2D eigenvalue weighted by Crippen LogP contribution is 2.17. The summed E-state index contributed by atoms with van der Waals surface area (Å²) in [5.74, 6) is 0.787. The van der Waals surface area contributed by atoms with Gasteiger partial charge in [-0.15, -0.1) is 0 Å². The van der Waals surface area contributed by atoms with Crippen LogP contribution in [0, 0.1) is 5.41 Å². The van der Waals surface area contributed by atoms with Gasteiger partial charge in [0, 0.05) is 43.6 Å². The molecule has 4 heteroatoms. The molecule has 0 fully saturated rings. The highest BCUT2D eigenvalue weighted by Gasteiger charge is 2.15. The lowest BCUT2D eigenvalue weighted by molar-refractivity contribution is 0.415. The number of anilines is 1. The Morgan fingerprint density at radius 3 is 2.00 bits per heavy atom. The van der Waals surface area contributed by atoms with Crippen LogP contribution in [0.15, 0.2) is 12.4 Å². The van der Waals surface area contributed by atoms with Crippen LogP contribution in [-0.4, -0.2) is 29.1 Å². The zero-order valence-electron chi connectivity index (χ0n) is 13.4. The van der Waals surface area contributed by atoms with Crippen molar-refractivity contribution in [2.75, 3.05) is 18.5 Å². The van der Waals surface area contributed by atoms with Gasteiger partial charge in [0.25, 0.3) is 0 Å². The Bertz CT molecular complexity index is 384. The quantitative estimate of drug-likeness (QED) is 0.908. The molecule has 1 heterocycles. The Kier molecular flexibility index (Phi) is 4.91. The van der Waals surface area contributed by atoms with Crippen molar-refractivity contribution in [1.29, 1.82) is 0 Å². The molecule has 0 bridgehead atoms. The van der Waals surface area contributed by atoms with Crippen molar-refractivity contribution < 1.29 is 0 Å². The maximum Gasteiger partial charge on any atom is 0.225 e. The molecule has 0 aliphatic carbocycles. The van der Waals surface area contributed by atoms with Crippen molar-refractivity contribution >= 4 is 5.95 Å². The molecule has 19 heavy (non-hydrogen) atoms. The normalized spacial score (nSPS) is 12.6. The third-order valence-corrected chi connectivity index (χ3v) is 2.57. The van der Waals surface area contributed by atoms with Crippen LogP contribution < -0.4 is 10.2 Å². The largest absolute Gasteiger partial charge is 0.343 e. The van der Waals surface area contributed by atoms with Crippen molar-refractivity contribution in [3.05, 3.63) is 18.0 Å². The third kappa shape index (κ3) is 6.53. The van der Waals surface area contributed by atoms with E-state index < -0.39 is 0 Å². The lowest BCUT2D eigenvalue weighted by Gasteiger charge is -2.26. The molecule has 0 aliphatic rings. The topological polar surface area (TPSA) is 41.1 Å². The number of nitrogens with one attached hydrogen (secondary N) is 1. The Balaban J connectivity index is 2.61. The van der Waals surface area contributed by atoms with E-state index >= 15 is 0 Å². The molecule has 1 rings (SSSR count). The van der Waals surface area contributed by atoms with E-state index in [4.69, 9.17) is 0 Å². The van der Waals surface area contributed by atoms with Crippen molar-refractivity contribution in [3.63, 3.8) is 0 Å². The van der Waals surface area contributed by atoms with Crippen LogP contribution in [0.5, 0.6) is 0 Å². The molecule has 0 spiro atoms. The SMILES string of the molecule is CN(CC(C)(C)C)c1ncc(CNC(C)(C)C)cn1. The third-order valence-electron chi connectivity index (χ3n) is 2.57. The first-order valence-corrected chi connectivity index (χ1v) is 6.84.